The lowest BCUT2D eigenvalue weighted by atomic mass is 10.0. The van der Waals surface area contributed by atoms with E-state index in [1.165, 1.54) is 12.1 Å². The van der Waals surface area contributed by atoms with Crippen LogP contribution in [0.3, 0.4) is 0 Å². The average Bonchev–Trinajstić information content (AvgIpc) is 3.02. The molecular formula is C24H22FNO3. The quantitative estimate of drug-likeness (QED) is 0.671. The molecule has 1 aliphatic carbocycles. The van der Waals surface area contributed by atoms with Crippen molar-refractivity contribution in [2.45, 2.75) is 32.2 Å². The third-order valence-corrected chi connectivity index (χ3v) is 5.43. The number of amides is 1. The van der Waals surface area contributed by atoms with Gasteiger partial charge in [-0.3, -0.25) is 9.59 Å². The number of carbonyl (C=O) groups is 2. The highest BCUT2D eigenvalue weighted by molar-refractivity contribution is 6.03. The van der Waals surface area contributed by atoms with Crippen molar-refractivity contribution >= 4 is 22.5 Å². The number of ether oxygens (including phenoxy) is 1. The van der Waals surface area contributed by atoms with Crippen LogP contribution in [0.25, 0.3) is 10.8 Å². The first-order valence-corrected chi connectivity index (χ1v) is 9.70. The van der Waals surface area contributed by atoms with Crippen LogP contribution in [0.5, 0.6) is 5.75 Å². The number of halogens is 1. The van der Waals surface area contributed by atoms with Crippen LogP contribution >= 0.6 is 0 Å². The molecule has 1 aliphatic rings. The van der Waals surface area contributed by atoms with Crippen molar-refractivity contribution in [1.29, 1.82) is 0 Å². The number of hydrogen-bond acceptors (Lipinski definition) is 3. The Hall–Kier alpha value is -3.21. The molecule has 0 spiro atoms. The van der Waals surface area contributed by atoms with Crippen LogP contribution in [0.4, 0.5) is 4.39 Å². The Morgan fingerprint density at radius 1 is 1.17 bits per heavy atom. The highest BCUT2D eigenvalue weighted by Gasteiger charge is 2.32. The molecule has 0 saturated carbocycles. The predicted molar refractivity (Wildman–Crippen MR) is 110 cm³/mol. The third kappa shape index (κ3) is 3.73. The zero-order valence-corrected chi connectivity index (χ0v) is 16.4. The van der Waals surface area contributed by atoms with Gasteiger partial charge >= 0.3 is 0 Å². The SMILES string of the molecule is C[C@@H]1CC(=O)c2c(OCC(=O)N[C@@H](C)c3ccc4ccccc4c3)ccc(F)c21. The summed E-state index contributed by atoms with van der Waals surface area (Å²) >= 11 is 0. The summed E-state index contributed by atoms with van der Waals surface area (Å²) in [6.45, 7) is 3.48. The Labute approximate surface area is 168 Å². The maximum absolute atomic E-state index is 14.1. The molecule has 5 heteroatoms. The van der Waals surface area contributed by atoms with E-state index in [4.69, 9.17) is 4.74 Å². The lowest BCUT2D eigenvalue weighted by molar-refractivity contribution is -0.123. The van der Waals surface area contributed by atoms with E-state index in [2.05, 4.69) is 5.32 Å². The van der Waals surface area contributed by atoms with Gasteiger partial charge in [-0.05, 0) is 47.4 Å². The van der Waals surface area contributed by atoms with Crippen molar-refractivity contribution in [3.05, 3.63) is 77.1 Å². The van der Waals surface area contributed by atoms with Gasteiger partial charge in [0, 0.05) is 12.0 Å². The first-order chi connectivity index (χ1) is 13.9. The van der Waals surface area contributed by atoms with E-state index in [9.17, 15) is 14.0 Å². The fourth-order valence-corrected chi connectivity index (χ4v) is 3.93. The van der Waals surface area contributed by atoms with Gasteiger partial charge in [0.05, 0.1) is 11.6 Å². The zero-order chi connectivity index (χ0) is 20.5. The van der Waals surface area contributed by atoms with Crippen LogP contribution in [-0.2, 0) is 4.79 Å². The molecule has 3 aromatic rings. The van der Waals surface area contributed by atoms with Crippen molar-refractivity contribution in [3.8, 4) is 5.75 Å². The molecule has 0 aliphatic heterocycles. The van der Waals surface area contributed by atoms with Gasteiger partial charge in [0.25, 0.3) is 5.91 Å². The maximum Gasteiger partial charge on any atom is 0.258 e. The second-order valence-electron chi connectivity index (χ2n) is 7.55. The summed E-state index contributed by atoms with van der Waals surface area (Å²) < 4.78 is 19.7. The minimum absolute atomic E-state index is 0.146. The summed E-state index contributed by atoms with van der Waals surface area (Å²) in [6, 6.07) is 16.6. The summed E-state index contributed by atoms with van der Waals surface area (Å²) in [5.74, 6) is -0.763. The summed E-state index contributed by atoms with van der Waals surface area (Å²) in [5.41, 5.74) is 1.65. The zero-order valence-electron chi connectivity index (χ0n) is 16.4. The summed E-state index contributed by atoms with van der Waals surface area (Å²) in [4.78, 5) is 24.6. The fraction of sp³-hybridized carbons (Fsp3) is 0.250. The normalized spacial score (nSPS) is 16.5. The van der Waals surface area contributed by atoms with Gasteiger partial charge in [0.1, 0.15) is 11.6 Å². The molecule has 0 heterocycles. The second kappa shape index (κ2) is 7.66. The van der Waals surface area contributed by atoms with Crippen LogP contribution in [0.15, 0.2) is 54.6 Å². The molecule has 1 N–H and O–H groups in total. The number of ketones is 1. The number of rotatable bonds is 5. The number of nitrogens with one attached hydrogen (secondary N) is 1. The minimum atomic E-state index is -0.403. The molecule has 0 radical (unpaired) electrons. The van der Waals surface area contributed by atoms with Crippen molar-refractivity contribution in [2.24, 2.45) is 0 Å². The van der Waals surface area contributed by atoms with Crippen LogP contribution < -0.4 is 10.1 Å². The number of benzene rings is 3. The summed E-state index contributed by atoms with van der Waals surface area (Å²) in [7, 11) is 0. The van der Waals surface area contributed by atoms with Crippen molar-refractivity contribution in [3.63, 3.8) is 0 Å². The second-order valence-corrected chi connectivity index (χ2v) is 7.55. The summed E-state index contributed by atoms with van der Waals surface area (Å²) in [6.07, 6.45) is 0.262. The molecule has 1 amide bonds. The average molecular weight is 391 g/mol. The molecule has 29 heavy (non-hydrogen) atoms. The lowest BCUT2D eigenvalue weighted by Gasteiger charge is -2.16. The minimum Gasteiger partial charge on any atom is -0.483 e. The molecule has 4 rings (SSSR count). The molecule has 0 unspecified atom stereocenters. The highest BCUT2D eigenvalue weighted by atomic mass is 19.1. The van der Waals surface area contributed by atoms with Crippen LogP contribution in [0.2, 0.25) is 0 Å². The number of Topliss-reactive ketones (excluding diaryl/α,β-unsaturated/α-hetero) is 1. The topological polar surface area (TPSA) is 55.4 Å². The molecule has 3 aromatic carbocycles. The molecule has 2 atom stereocenters. The first-order valence-electron chi connectivity index (χ1n) is 9.70. The Bertz CT molecular complexity index is 1110. The van der Waals surface area contributed by atoms with Gasteiger partial charge in [0.15, 0.2) is 12.4 Å². The van der Waals surface area contributed by atoms with Gasteiger partial charge in [-0.25, -0.2) is 4.39 Å². The van der Waals surface area contributed by atoms with E-state index in [1.54, 1.807) is 0 Å². The van der Waals surface area contributed by atoms with Crippen molar-refractivity contribution in [2.75, 3.05) is 6.61 Å². The Morgan fingerprint density at radius 2 is 1.93 bits per heavy atom. The van der Waals surface area contributed by atoms with Gasteiger partial charge in [-0.1, -0.05) is 43.3 Å². The van der Waals surface area contributed by atoms with E-state index >= 15 is 0 Å². The third-order valence-electron chi connectivity index (χ3n) is 5.43. The van der Waals surface area contributed by atoms with E-state index in [0.717, 1.165) is 16.3 Å². The molecular weight excluding hydrogens is 369 g/mol. The van der Waals surface area contributed by atoms with E-state index < -0.39 is 5.82 Å². The fourth-order valence-electron chi connectivity index (χ4n) is 3.93. The lowest BCUT2D eigenvalue weighted by Crippen LogP contribution is -2.31. The monoisotopic (exact) mass is 391 g/mol. The smallest absolute Gasteiger partial charge is 0.258 e. The Morgan fingerprint density at radius 3 is 2.72 bits per heavy atom. The standard InChI is InChI=1S/C24H22FNO3/c1-14-11-20(27)24-21(10-9-19(25)23(14)24)29-13-22(28)26-15(2)17-8-7-16-5-3-4-6-18(16)12-17/h3-10,12,14-15H,11,13H2,1-2H3,(H,26,28)/t14-,15+/m1/s1. The molecule has 0 saturated heterocycles. The van der Waals surface area contributed by atoms with Crippen LogP contribution in [-0.4, -0.2) is 18.3 Å². The van der Waals surface area contributed by atoms with E-state index in [-0.39, 0.29) is 48.0 Å². The van der Waals surface area contributed by atoms with Crippen LogP contribution in [0, 0.1) is 5.82 Å². The maximum atomic E-state index is 14.1. The van der Waals surface area contributed by atoms with Crippen molar-refractivity contribution in [1.82, 2.24) is 5.32 Å². The van der Waals surface area contributed by atoms with Gasteiger partial charge < -0.3 is 10.1 Å². The largest absolute Gasteiger partial charge is 0.483 e. The molecule has 0 bridgehead atoms. The Kier molecular flexibility index (Phi) is 5.05. The number of fused-ring (bicyclic) bond motifs is 2. The van der Waals surface area contributed by atoms with Gasteiger partial charge in [-0.15, -0.1) is 0 Å². The predicted octanol–water partition coefficient (Wildman–Crippen LogP) is 4.93. The first kappa shape index (κ1) is 19.1. The Balaban J connectivity index is 1.43. The highest BCUT2D eigenvalue weighted by Crippen LogP contribution is 2.39. The van der Waals surface area contributed by atoms with E-state index in [0.29, 0.717) is 5.56 Å². The van der Waals surface area contributed by atoms with Gasteiger partial charge in [0.2, 0.25) is 0 Å². The van der Waals surface area contributed by atoms with E-state index in [1.807, 2.05) is 56.3 Å². The molecule has 4 nitrogen and oxygen atoms in total. The number of carbonyl (C=O) groups excluding carboxylic acids is 2. The molecule has 0 aromatic heterocycles. The van der Waals surface area contributed by atoms with Gasteiger partial charge in [-0.2, -0.15) is 0 Å². The molecule has 0 fully saturated rings. The van der Waals surface area contributed by atoms with Crippen molar-refractivity contribution < 1.29 is 18.7 Å². The summed E-state index contributed by atoms with van der Waals surface area (Å²) in [5, 5.41) is 5.16. The van der Waals surface area contributed by atoms with Crippen LogP contribution in [0.1, 0.15) is 53.7 Å². The molecule has 148 valence electrons. The number of hydrogen-bond donors (Lipinski definition) is 1.